The van der Waals surface area contributed by atoms with Crippen LogP contribution in [0.3, 0.4) is 0 Å². The highest BCUT2D eigenvalue weighted by molar-refractivity contribution is 5.84. The molecular formula is C25H26N4O2. The second kappa shape index (κ2) is 8.52. The van der Waals surface area contributed by atoms with Crippen molar-refractivity contribution in [3.05, 3.63) is 78.0 Å². The van der Waals surface area contributed by atoms with E-state index >= 15 is 0 Å². The molecular weight excluding hydrogens is 388 g/mol. The summed E-state index contributed by atoms with van der Waals surface area (Å²) in [6.07, 6.45) is 1.99. The number of amides is 1. The highest BCUT2D eigenvalue weighted by Gasteiger charge is 2.19. The van der Waals surface area contributed by atoms with E-state index in [-0.39, 0.29) is 12.5 Å². The van der Waals surface area contributed by atoms with Gasteiger partial charge in [-0.25, -0.2) is 4.98 Å². The Morgan fingerprint density at radius 1 is 1.00 bits per heavy atom. The molecule has 2 heterocycles. The van der Waals surface area contributed by atoms with Crippen molar-refractivity contribution in [3.8, 4) is 17.0 Å². The minimum Gasteiger partial charge on any atom is -0.483 e. The minimum atomic E-state index is -0.0984. The van der Waals surface area contributed by atoms with Crippen molar-refractivity contribution >= 4 is 23.1 Å². The van der Waals surface area contributed by atoms with Crippen LogP contribution in [0, 0.1) is 13.8 Å². The van der Waals surface area contributed by atoms with Crippen molar-refractivity contribution in [3.63, 3.8) is 0 Å². The van der Waals surface area contributed by atoms with Crippen LogP contribution in [-0.4, -0.2) is 40.9 Å². The topological polar surface area (TPSA) is 58.9 Å². The van der Waals surface area contributed by atoms with Gasteiger partial charge in [0.1, 0.15) is 22.9 Å². The lowest BCUT2D eigenvalue weighted by Gasteiger charge is -2.16. The highest BCUT2D eigenvalue weighted by Crippen LogP contribution is 2.37. The maximum absolute atomic E-state index is 12.1. The molecule has 0 bridgehead atoms. The van der Waals surface area contributed by atoms with Crippen LogP contribution in [0.15, 0.2) is 66.9 Å². The number of ether oxygens (including phenoxy) is 1. The average molecular weight is 415 g/mol. The number of likely N-dealkylation sites (N-methyl/N-ethyl adjacent to an activating group) is 1. The number of hydrogen-bond donors (Lipinski definition) is 1. The van der Waals surface area contributed by atoms with Gasteiger partial charge in [0.05, 0.1) is 0 Å². The molecule has 4 rings (SSSR count). The lowest BCUT2D eigenvalue weighted by Crippen LogP contribution is -2.27. The molecule has 2 aromatic heterocycles. The van der Waals surface area contributed by atoms with Crippen molar-refractivity contribution in [2.45, 2.75) is 13.8 Å². The number of benzene rings is 2. The first-order valence-corrected chi connectivity index (χ1v) is 10.2. The van der Waals surface area contributed by atoms with Crippen molar-refractivity contribution in [2.24, 2.45) is 0 Å². The molecule has 2 aromatic carbocycles. The normalized spacial score (nSPS) is 10.8. The number of para-hydroxylation sites is 2. The van der Waals surface area contributed by atoms with Crippen LogP contribution >= 0.6 is 0 Å². The van der Waals surface area contributed by atoms with Crippen LogP contribution in [0.1, 0.15) is 11.1 Å². The van der Waals surface area contributed by atoms with E-state index in [9.17, 15) is 4.79 Å². The quantitative estimate of drug-likeness (QED) is 0.491. The van der Waals surface area contributed by atoms with Crippen LogP contribution in [0.25, 0.3) is 16.9 Å². The van der Waals surface area contributed by atoms with Crippen molar-refractivity contribution in [1.29, 1.82) is 0 Å². The molecule has 0 saturated carbocycles. The number of pyridine rings is 1. The number of fused-ring (bicyclic) bond motifs is 1. The number of carbonyl (C=O) groups excluding carboxylic acids is 1. The molecule has 158 valence electrons. The van der Waals surface area contributed by atoms with E-state index in [1.807, 2.05) is 53.1 Å². The Kier molecular flexibility index (Phi) is 5.62. The summed E-state index contributed by atoms with van der Waals surface area (Å²) in [5.74, 6) is 1.37. The third-order valence-corrected chi connectivity index (χ3v) is 5.25. The monoisotopic (exact) mass is 414 g/mol. The molecule has 0 unspecified atom stereocenters. The van der Waals surface area contributed by atoms with Gasteiger partial charge in [-0.1, -0.05) is 36.4 Å². The fourth-order valence-electron chi connectivity index (χ4n) is 3.49. The zero-order chi connectivity index (χ0) is 22.0. The molecule has 4 aromatic rings. The van der Waals surface area contributed by atoms with Crippen LogP contribution in [0.2, 0.25) is 0 Å². The molecule has 0 radical (unpaired) electrons. The molecule has 1 N–H and O–H groups in total. The Bertz CT molecular complexity index is 1220. The van der Waals surface area contributed by atoms with Crippen molar-refractivity contribution < 1.29 is 9.53 Å². The molecule has 0 fully saturated rings. The fraction of sp³-hybridized carbons (Fsp3) is 0.200. The van der Waals surface area contributed by atoms with E-state index in [0.717, 1.165) is 39.5 Å². The minimum absolute atomic E-state index is 0.0307. The molecule has 0 spiro atoms. The number of hydrogen-bond acceptors (Lipinski definition) is 4. The van der Waals surface area contributed by atoms with E-state index in [2.05, 4.69) is 37.4 Å². The summed E-state index contributed by atoms with van der Waals surface area (Å²) in [5, 5.41) is 3.61. The van der Waals surface area contributed by atoms with Gasteiger partial charge in [0.15, 0.2) is 6.61 Å². The summed E-state index contributed by atoms with van der Waals surface area (Å²) in [6.45, 7) is 4.14. The zero-order valence-corrected chi connectivity index (χ0v) is 18.2. The molecule has 1 amide bonds. The zero-order valence-electron chi connectivity index (χ0n) is 18.2. The summed E-state index contributed by atoms with van der Waals surface area (Å²) in [5.41, 5.74) is 5.77. The van der Waals surface area contributed by atoms with Gasteiger partial charge >= 0.3 is 0 Å². The first kappa shape index (κ1) is 20.5. The number of nitrogens with zero attached hydrogens (tertiary/aromatic N) is 3. The smallest absolute Gasteiger partial charge is 0.259 e. The second-order valence-corrected chi connectivity index (χ2v) is 7.70. The molecule has 6 nitrogen and oxygen atoms in total. The van der Waals surface area contributed by atoms with Crippen LogP contribution in [0.4, 0.5) is 11.5 Å². The van der Waals surface area contributed by atoms with Gasteiger partial charge in [0.25, 0.3) is 5.91 Å². The first-order chi connectivity index (χ1) is 15.0. The standard InChI is InChI=1S/C25H26N4O2/c1-17-10-9-11-18(2)23(17)27-25-24(26-21-14-7-8-15-29(21)25)19-12-5-6-13-20(19)31-16-22(30)28(3)4/h5-15,27H,16H2,1-4H3. The predicted octanol–water partition coefficient (Wildman–Crippen LogP) is 4.83. The molecule has 31 heavy (non-hydrogen) atoms. The van der Waals surface area contributed by atoms with Gasteiger partial charge in [-0.2, -0.15) is 0 Å². The number of anilines is 2. The van der Waals surface area contributed by atoms with Crippen LogP contribution in [0.5, 0.6) is 5.75 Å². The van der Waals surface area contributed by atoms with Gasteiger partial charge in [0, 0.05) is 31.5 Å². The van der Waals surface area contributed by atoms with E-state index < -0.39 is 0 Å². The van der Waals surface area contributed by atoms with Gasteiger partial charge in [-0.3, -0.25) is 9.20 Å². The van der Waals surface area contributed by atoms with Crippen molar-refractivity contribution in [1.82, 2.24) is 14.3 Å². The third kappa shape index (κ3) is 4.10. The van der Waals surface area contributed by atoms with Crippen LogP contribution < -0.4 is 10.1 Å². The molecule has 0 aliphatic heterocycles. The third-order valence-electron chi connectivity index (χ3n) is 5.25. The predicted molar refractivity (Wildman–Crippen MR) is 124 cm³/mol. The van der Waals surface area contributed by atoms with E-state index in [1.165, 1.54) is 4.90 Å². The Morgan fingerprint density at radius 2 is 1.71 bits per heavy atom. The van der Waals surface area contributed by atoms with Gasteiger partial charge in [-0.15, -0.1) is 0 Å². The summed E-state index contributed by atoms with van der Waals surface area (Å²) in [6, 6.07) is 19.8. The number of nitrogens with one attached hydrogen (secondary N) is 1. The number of imidazole rings is 1. The first-order valence-electron chi connectivity index (χ1n) is 10.2. The van der Waals surface area contributed by atoms with Gasteiger partial charge < -0.3 is 15.0 Å². The summed E-state index contributed by atoms with van der Waals surface area (Å²) in [4.78, 5) is 18.5. The highest BCUT2D eigenvalue weighted by atomic mass is 16.5. The maximum atomic E-state index is 12.1. The van der Waals surface area contributed by atoms with Crippen molar-refractivity contribution in [2.75, 3.05) is 26.0 Å². The molecule has 6 heteroatoms. The fourth-order valence-corrected chi connectivity index (χ4v) is 3.49. The molecule has 0 atom stereocenters. The average Bonchev–Trinajstić information content (AvgIpc) is 3.13. The molecule has 0 saturated heterocycles. The largest absolute Gasteiger partial charge is 0.483 e. The summed E-state index contributed by atoms with van der Waals surface area (Å²) in [7, 11) is 3.43. The van der Waals surface area contributed by atoms with Gasteiger partial charge in [0.2, 0.25) is 0 Å². The molecule has 0 aliphatic carbocycles. The van der Waals surface area contributed by atoms with Gasteiger partial charge in [-0.05, 0) is 49.2 Å². The Morgan fingerprint density at radius 3 is 2.45 bits per heavy atom. The van der Waals surface area contributed by atoms with E-state index in [1.54, 1.807) is 14.1 Å². The summed E-state index contributed by atoms with van der Waals surface area (Å²) < 4.78 is 7.93. The molecule has 0 aliphatic rings. The number of carbonyl (C=O) groups is 1. The lowest BCUT2D eigenvalue weighted by molar-refractivity contribution is -0.130. The second-order valence-electron chi connectivity index (χ2n) is 7.70. The maximum Gasteiger partial charge on any atom is 0.259 e. The summed E-state index contributed by atoms with van der Waals surface area (Å²) >= 11 is 0. The Labute approximate surface area is 182 Å². The van der Waals surface area contributed by atoms with E-state index in [0.29, 0.717) is 5.75 Å². The SMILES string of the molecule is Cc1cccc(C)c1Nc1c(-c2ccccc2OCC(=O)N(C)C)nc2ccccn12. The number of aryl methyl sites for hydroxylation is 2. The Balaban J connectivity index is 1.82. The van der Waals surface area contributed by atoms with E-state index in [4.69, 9.17) is 9.72 Å². The Hall–Kier alpha value is -3.80. The number of rotatable bonds is 6. The number of aromatic nitrogens is 2. The van der Waals surface area contributed by atoms with Crippen LogP contribution in [-0.2, 0) is 4.79 Å². The lowest BCUT2D eigenvalue weighted by atomic mass is 10.1.